The van der Waals surface area contributed by atoms with E-state index in [0.717, 1.165) is 0 Å². The van der Waals surface area contributed by atoms with Crippen LogP contribution in [0.3, 0.4) is 0 Å². The number of aliphatic carboxylic acids is 1. The van der Waals surface area contributed by atoms with E-state index in [0.29, 0.717) is 12.8 Å². The fourth-order valence-electron chi connectivity index (χ4n) is 3.04. The molecule has 0 heterocycles. The van der Waals surface area contributed by atoms with Gasteiger partial charge >= 0.3 is 5.97 Å². The molecule has 0 unspecified atom stereocenters. The summed E-state index contributed by atoms with van der Waals surface area (Å²) < 4.78 is 0. The Kier molecular flexibility index (Phi) is 15.2. The van der Waals surface area contributed by atoms with Crippen molar-refractivity contribution < 1.29 is 33.9 Å². The number of amides is 4. The smallest absolute Gasteiger partial charge is 0.322 e. The van der Waals surface area contributed by atoms with Crippen LogP contribution in [0.5, 0.6) is 0 Å². The molecule has 0 aromatic carbocycles. The van der Waals surface area contributed by atoms with Crippen molar-refractivity contribution in [2.24, 2.45) is 23.3 Å². The first-order chi connectivity index (χ1) is 16.7. The fraction of sp³-hybridized carbons (Fsp3) is 0.739. The predicted octanol–water partition coefficient (Wildman–Crippen LogP) is -1.61. The van der Waals surface area contributed by atoms with Crippen molar-refractivity contribution >= 4 is 35.4 Å². The van der Waals surface area contributed by atoms with Gasteiger partial charge < -0.3 is 37.8 Å². The Morgan fingerprint density at radius 3 is 1.86 bits per heavy atom. The highest BCUT2D eigenvalue weighted by atomic mass is 16.4. The van der Waals surface area contributed by atoms with Gasteiger partial charge in [0.2, 0.25) is 23.6 Å². The summed E-state index contributed by atoms with van der Waals surface area (Å²) in [4.78, 5) is 71.4. The average Bonchev–Trinajstić information content (AvgIpc) is 2.80. The number of rotatable bonds is 17. The molecule has 0 aliphatic rings. The van der Waals surface area contributed by atoms with Crippen molar-refractivity contribution in [3.63, 3.8) is 0 Å². The van der Waals surface area contributed by atoms with Crippen LogP contribution < -0.4 is 32.7 Å². The van der Waals surface area contributed by atoms with E-state index in [2.05, 4.69) is 21.3 Å². The first-order valence-corrected chi connectivity index (χ1v) is 12.1. The van der Waals surface area contributed by atoms with Gasteiger partial charge in [-0.1, -0.05) is 34.1 Å². The molecule has 0 saturated carbocycles. The van der Waals surface area contributed by atoms with Gasteiger partial charge in [0.15, 0.2) is 5.78 Å². The van der Waals surface area contributed by atoms with Gasteiger partial charge in [-0.15, -0.1) is 0 Å². The van der Waals surface area contributed by atoms with E-state index in [1.165, 1.54) is 6.92 Å². The summed E-state index contributed by atoms with van der Waals surface area (Å²) in [6.07, 6.45) is 1.32. The van der Waals surface area contributed by atoms with E-state index >= 15 is 0 Å². The standard InChI is InChI=1S/C23H42N6O7/c1-12(2)19(25)22(35)26-10-17(31)29-20(13(3)4)23(36)28-14(5)16(30)9-7-6-8-15(24)21(34)27-11-18(32)33/h12-15,19-20H,6-11,24-25H2,1-5H3,(H,26,35)(H,27,34)(H,28,36)(H,29,31)(H,32,33)/t14-,15-,19-,20-/m0/s1. The minimum absolute atomic E-state index is 0.0960. The lowest BCUT2D eigenvalue weighted by atomic mass is 10.0. The summed E-state index contributed by atoms with van der Waals surface area (Å²) in [6.45, 7) is 7.73. The lowest BCUT2D eigenvalue weighted by Crippen LogP contribution is -2.55. The Morgan fingerprint density at radius 2 is 1.33 bits per heavy atom. The molecule has 0 rings (SSSR count). The minimum Gasteiger partial charge on any atom is -0.480 e. The number of unbranched alkanes of at least 4 members (excludes halogenated alkanes) is 1. The Balaban J connectivity index is 4.55. The zero-order valence-corrected chi connectivity index (χ0v) is 21.8. The molecular weight excluding hydrogens is 472 g/mol. The maximum absolute atomic E-state index is 12.7. The third-order valence-electron chi connectivity index (χ3n) is 5.49. The van der Waals surface area contributed by atoms with Crippen LogP contribution in [0.1, 0.15) is 60.3 Å². The molecule has 0 aromatic heterocycles. The van der Waals surface area contributed by atoms with Gasteiger partial charge in [0.25, 0.3) is 0 Å². The molecule has 4 amide bonds. The molecule has 4 atom stereocenters. The molecule has 0 saturated heterocycles. The molecule has 13 nitrogen and oxygen atoms in total. The fourth-order valence-corrected chi connectivity index (χ4v) is 3.04. The Labute approximate surface area is 211 Å². The molecule has 13 heteroatoms. The number of carboxylic acid groups (broad SMARTS) is 1. The monoisotopic (exact) mass is 514 g/mol. The van der Waals surface area contributed by atoms with E-state index in [1.807, 2.05) is 0 Å². The van der Waals surface area contributed by atoms with Crippen LogP contribution in [0.4, 0.5) is 0 Å². The summed E-state index contributed by atoms with van der Waals surface area (Å²) in [7, 11) is 0. The number of carbonyl (C=O) groups is 6. The van der Waals surface area contributed by atoms with Crippen molar-refractivity contribution in [3.8, 4) is 0 Å². The third-order valence-corrected chi connectivity index (χ3v) is 5.49. The van der Waals surface area contributed by atoms with Crippen molar-refractivity contribution in [1.82, 2.24) is 21.3 Å². The second-order valence-electron chi connectivity index (χ2n) is 9.44. The van der Waals surface area contributed by atoms with Gasteiger partial charge in [-0.05, 0) is 31.6 Å². The van der Waals surface area contributed by atoms with Gasteiger partial charge in [0.1, 0.15) is 12.6 Å². The highest BCUT2D eigenvalue weighted by molar-refractivity contribution is 5.94. The van der Waals surface area contributed by atoms with Gasteiger partial charge in [0, 0.05) is 6.42 Å². The molecule has 0 aliphatic carbocycles. The van der Waals surface area contributed by atoms with Crippen LogP contribution >= 0.6 is 0 Å². The number of Topliss-reactive ketones (excluding diaryl/α,β-unsaturated/α-hetero) is 1. The van der Waals surface area contributed by atoms with Crippen molar-refractivity contribution in [2.45, 2.75) is 84.5 Å². The van der Waals surface area contributed by atoms with Gasteiger partial charge in [-0.2, -0.15) is 0 Å². The van der Waals surface area contributed by atoms with Gasteiger partial charge in [-0.25, -0.2) is 0 Å². The first-order valence-electron chi connectivity index (χ1n) is 12.1. The SMILES string of the molecule is CC(C)[C@H](N)C(=O)NCC(=O)N[C@H](C(=O)N[C@@H](C)C(=O)CCCC[C@H](N)C(=O)NCC(=O)O)C(C)C. The van der Waals surface area contributed by atoms with Crippen LogP contribution in [-0.2, 0) is 28.8 Å². The minimum atomic E-state index is -1.17. The van der Waals surface area contributed by atoms with Gasteiger partial charge in [0.05, 0.1) is 24.7 Å². The quantitative estimate of drug-likeness (QED) is 0.111. The van der Waals surface area contributed by atoms with Crippen molar-refractivity contribution in [2.75, 3.05) is 13.1 Å². The molecule has 0 aromatic rings. The van der Waals surface area contributed by atoms with Crippen LogP contribution in [0.2, 0.25) is 0 Å². The first kappa shape index (κ1) is 32.9. The number of nitrogens with two attached hydrogens (primary N) is 2. The van der Waals surface area contributed by atoms with E-state index < -0.39 is 60.3 Å². The molecule has 0 radical (unpaired) electrons. The second-order valence-corrected chi connectivity index (χ2v) is 9.44. The molecule has 9 N–H and O–H groups in total. The van der Waals surface area contributed by atoms with E-state index in [-0.39, 0.29) is 37.0 Å². The summed E-state index contributed by atoms with van der Waals surface area (Å²) >= 11 is 0. The topological polar surface area (TPSA) is 223 Å². The second kappa shape index (κ2) is 16.6. The van der Waals surface area contributed by atoms with E-state index in [4.69, 9.17) is 16.6 Å². The molecule has 206 valence electrons. The van der Waals surface area contributed by atoms with Crippen LogP contribution in [0.15, 0.2) is 0 Å². The Hall–Kier alpha value is -3.06. The highest BCUT2D eigenvalue weighted by Gasteiger charge is 2.27. The lowest BCUT2D eigenvalue weighted by Gasteiger charge is -2.24. The van der Waals surface area contributed by atoms with Crippen LogP contribution in [0.25, 0.3) is 0 Å². The number of carboxylic acids is 1. The maximum atomic E-state index is 12.7. The number of nitrogens with one attached hydrogen (secondary N) is 4. The molecular formula is C23H42N6O7. The number of hydrogen-bond acceptors (Lipinski definition) is 8. The average molecular weight is 515 g/mol. The lowest BCUT2D eigenvalue weighted by molar-refractivity contribution is -0.138. The highest BCUT2D eigenvalue weighted by Crippen LogP contribution is 2.07. The summed E-state index contributed by atoms with van der Waals surface area (Å²) in [5.41, 5.74) is 11.4. The predicted molar refractivity (Wildman–Crippen MR) is 132 cm³/mol. The molecule has 0 fully saturated rings. The number of ketones is 1. The number of carbonyl (C=O) groups excluding carboxylic acids is 5. The Bertz CT molecular complexity index is 787. The van der Waals surface area contributed by atoms with Crippen LogP contribution in [-0.4, -0.2) is 77.7 Å². The molecule has 0 spiro atoms. The number of hydrogen-bond donors (Lipinski definition) is 7. The molecule has 0 bridgehead atoms. The van der Waals surface area contributed by atoms with Crippen molar-refractivity contribution in [1.29, 1.82) is 0 Å². The largest absolute Gasteiger partial charge is 0.480 e. The third kappa shape index (κ3) is 13.1. The van der Waals surface area contributed by atoms with E-state index in [9.17, 15) is 28.8 Å². The van der Waals surface area contributed by atoms with Gasteiger partial charge in [-0.3, -0.25) is 28.8 Å². The molecule has 0 aliphatic heterocycles. The van der Waals surface area contributed by atoms with Crippen LogP contribution in [0, 0.1) is 11.8 Å². The zero-order chi connectivity index (χ0) is 28.0. The maximum Gasteiger partial charge on any atom is 0.322 e. The Morgan fingerprint density at radius 1 is 0.750 bits per heavy atom. The normalized spacial score (nSPS) is 14.4. The molecule has 36 heavy (non-hydrogen) atoms. The van der Waals surface area contributed by atoms with E-state index in [1.54, 1.807) is 27.7 Å². The summed E-state index contributed by atoms with van der Waals surface area (Å²) in [5.74, 6) is -3.90. The van der Waals surface area contributed by atoms with Crippen molar-refractivity contribution in [3.05, 3.63) is 0 Å². The summed E-state index contributed by atoms with van der Waals surface area (Å²) in [6, 6.07) is -3.34. The zero-order valence-electron chi connectivity index (χ0n) is 21.8. The summed E-state index contributed by atoms with van der Waals surface area (Å²) in [5, 5.41) is 18.4.